The van der Waals surface area contributed by atoms with Crippen LogP contribution in [-0.4, -0.2) is 29.0 Å². The van der Waals surface area contributed by atoms with E-state index in [1.54, 1.807) is 55.6 Å². The van der Waals surface area contributed by atoms with Crippen molar-refractivity contribution in [1.29, 1.82) is 0 Å². The van der Waals surface area contributed by atoms with E-state index in [0.29, 0.717) is 22.6 Å². The summed E-state index contributed by atoms with van der Waals surface area (Å²) in [6, 6.07) is 13.6. The van der Waals surface area contributed by atoms with Gasteiger partial charge in [-0.1, -0.05) is 0 Å². The van der Waals surface area contributed by atoms with Crippen molar-refractivity contribution >= 4 is 17.4 Å². The first-order valence-corrected chi connectivity index (χ1v) is 7.47. The van der Waals surface area contributed by atoms with Crippen LogP contribution in [0.1, 0.15) is 28.0 Å². The Morgan fingerprint density at radius 2 is 1.68 bits per heavy atom. The van der Waals surface area contributed by atoms with E-state index < -0.39 is 5.91 Å². The Morgan fingerprint density at radius 3 is 2.28 bits per heavy atom. The second-order valence-electron chi connectivity index (χ2n) is 5.23. The number of rotatable bonds is 5. The molecule has 0 radical (unpaired) electrons. The molecule has 0 atom stereocenters. The highest BCUT2D eigenvalue weighted by molar-refractivity contribution is 6.01. The van der Waals surface area contributed by atoms with E-state index in [-0.39, 0.29) is 17.6 Å². The normalized spacial score (nSPS) is 10.3. The number of carbonyl (C=O) groups is 2. The van der Waals surface area contributed by atoms with Crippen LogP contribution in [0.5, 0.6) is 5.75 Å². The maximum Gasteiger partial charge on any atom is 0.313 e. The maximum atomic E-state index is 12.2. The Bertz CT molecular complexity index is 899. The van der Waals surface area contributed by atoms with Crippen molar-refractivity contribution in [3.8, 4) is 17.2 Å². The number of Topliss-reactive ketones (excluding diaryl/α,β-unsaturated/α-hetero) is 1. The fraction of sp³-hybridized carbons (Fsp3) is 0.111. The molecule has 126 valence electrons. The molecule has 0 aliphatic carbocycles. The molecule has 0 spiro atoms. The highest BCUT2D eigenvalue weighted by Gasteiger charge is 2.16. The third-order valence-electron chi connectivity index (χ3n) is 3.51. The quantitative estimate of drug-likeness (QED) is 0.719. The maximum absolute atomic E-state index is 12.2. The van der Waals surface area contributed by atoms with Crippen LogP contribution in [0.15, 0.2) is 52.9 Å². The van der Waals surface area contributed by atoms with E-state index in [0.717, 1.165) is 0 Å². The molecule has 1 heterocycles. The molecule has 2 aromatic carbocycles. The molecule has 1 amide bonds. The van der Waals surface area contributed by atoms with Crippen molar-refractivity contribution in [2.24, 2.45) is 0 Å². The number of amides is 1. The van der Waals surface area contributed by atoms with E-state index in [1.165, 1.54) is 6.92 Å². The van der Waals surface area contributed by atoms with Gasteiger partial charge in [-0.3, -0.25) is 9.59 Å². The topological polar surface area (TPSA) is 94.3 Å². The van der Waals surface area contributed by atoms with E-state index in [4.69, 9.17) is 9.15 Å². The predicted molar refractivity (Wildman–Crippen MR) is 90.7 cm³/mol. The minimum absolute atomic E-state index is 0.0427. The zero-order chi connectivity index (χ0) is 17.8. The number of aromatic nitrogens is 2. The third-order valence-corrected chi connectivity index (χ3v) is 3.51. The average molecular weight is 337 g/mol. The number of methoxy groups -OCH3 is 1. The van der Waals surface area contributed by atoms with E-state index in [1.807, 2.05) is 0 Å². The summed E-state index contributed by atoms with van der Waals surface area (Å²) in [5.41, 5.74) is 1.77. The van der Waals surface area contributed by atoms with Crippen LogP contribution >= 0.6 is 0 Å². The summed E-state index contributed by atoms with van der Waals surface area (Å²) in [6.07, 6.45) is 0. The molecule has 0 unspecified atom stereocenters. The molecular weight excluding hydrogens is 322 g/mol. The Balaban J connectivity index is 1.72. The second kappa shape index (κ2) is 6.96. The molecule has 0 fully saturated rings. The Morgan fingerprint density at radius 1 is 1.00 bits per heavy atom. The first-order valence-electron chi connectivity index (χ1n) is 7.47. The van der Waals surface area contributed by atoms with Gasteiger partial charge in [-0.2, -0.15) is 0 Å². The highest BCUT2D eigenvalue weighted by Crippen LogP contribution is 2.21. The summed E-state index contributed by atoms with van der Waals surface area (Å²) in [5, 5.41) is 10.3. The van der Waals surface area contributed by atoms with Crippen LogP contribution in [0, 0.1) is 0 Å². The van der Waals surface area contributed by atoms with Gasteiger partial charge in [-0.05, 0) is 55.5 Å². The monoisotopic (exact) mass is 337 g/mol. The molecule has 1 N–H and O–H groups in total. The Kier molecular flexibility index (Phi) is 4.56. The van der Waals surface area contributed by atoms with Crippen LogP contribution in [0.2, 0.25) is 0 Å². The lowest BCUT2D eigenvalue weighted by Gasteiger charge is -2.03. The largest absolute Gasteiger partial charge is 0.497 e. The summed E-state index contributed by atoms with van der Waals surface area (Å²) < 4.78 is 10.5. The van der Waals surface area contributed by atoms with Gasteiger partial charge in [-0.15, -0.1) is 10.2 Å². The van der Waals surface area contributed by atoms with Crippen LogP contribution in [0.25, 0.3) is 11.5 Å². The summed E-state index contributed by atoms with van der Waals surface area (Å²) >= 11 is 0. The molecular formula is C18H15N3O4. The zero-order valence-electron chi connectivity index (χ0n) is 13.6. The molecule has 7 heteroatoms. The molecule has 0 aliphatic heterocycles. The number of carbonyl (C=O) groups excluding carboxylic acids is 2. The molecule has 0 bridgehead atoms. The van der Waals surface area contributed by atoms with E-state index >= 15 is 0 Å². The van der Waals surface area contributed by atoms with Crippen molar-refractivity contribution in [2.75, 3.05) is 12.4 Å². The SMILES string of the molecule is COc1ccc(-c2nnc(C(=O)Nc3ccc(C(C)=O)cc3)o2)cc1. The predicted octanol–water partition coefficient (Wildman–Crippen LogP) is 3.20. The Labute approximate surface area is 143 Å². The van der Waals surface area contributed by atoms with Gasteiger partial charge in [0, 0.05) is 16.8 Å². The molecule has 1 aromatic heterocycles. The smallest absolute Gasteiger partial charge is 0.313 e. The number of ketones is 1. The lowest BCUT2D eigenvalue weighted by Crippen LogP contribution is -2.12. The molecule has 0 saturated heterocycles. The number of hydrogen-bond acceptors (Lipinski definition) is 6. The first kappa shape index (κ1) is 16.4. The van der Waals surface area contributed by atoms with Gasteiger partial charge in [0.15, 0.2) is 5.78 Å². The minimum atomic E-state index is -0.525. The third kappa shape index (κ3) is 3.72. The number of hydrogen-bond donors (Lipinski definition) is 1. The van der Waals surface area contributed by atoms with Crippen molar-refractivity contribution < 1.29 is 18.7 Å². The highest BCUT2D eigenvalue weighted by atomic mass is 16.5. The molecule has 0 aliphatic rings. The van der Waals surface area contributed by atoms with Crippen LogP contribution in [-0.2, 0) is 0 Å². The van der Waals surface area contributed by atoms with Crippen LogP contribution in [0.3, 0.4) is 0 Å². The van der Waals surface area contributed by atoms with Gasteiger partial charge < -0.3 is 14.5 Å². The number of anilines is 1. The molecule has 0 saturated carbocycles. The summed E-state index contributed by atoms with van der Waals surface area (Å²) in [6.45, 7) is 1.48. The molecule has 25 heavy (non-hydrogen) atoms. The summed E-state index contributed by atoms with van der Waals surface area (Å²) in [7, 11) is 1.58. The average Bonchev–Trinajstić information content (AvgIpc) is 3.12. The second-order valence-corrected chi connectivity index (χ2v) is 5.23. The summed E-state index contributed by atoms with van der Waals surface area (Å²) in [5.74, 6) is 0.221. The van der Waals surface area contributed by atoms with Crippen LogP contribution < -0.4 is 10.1 Å². The van der Waals surface area contributed by atoms with Gasteiger partial charge >= 0.3 is 11.8 Å². The van der Waals surface area contributed by atoms with Crippen molar-refractivity contribution in [2.45, 2.75) is 6.92 Å². The van der Waals surface area contributed by atoms with Gasteiger partial charge in [0.05, 0.1) is 7.11 Å². The fourth-order valence-corrected chi connectivity index (χ4v) is 2.14. The van der Waals surface area contributed by atoms with Crippen LogP contribution in [0.4, 0.5) is 5.69 Å². The lowest BCUT2D eigenvalue weighted by atomic mass is 10.1. The van der Waals surface area contributed by atoms with Crippen molar-refractivity contribution in [3.63, 3.8) is 0 Å². The van der Waals surface area contributed by atoms with Crippen molar-refractivity contribution in [3.05, 3.63) is 60.0 Å². The standard InChI is InChI=1S/C18H15N3O4/c1-11(22)12-3-7-14(8-4-12)19-16(23)18-21-20-17(25-18)13-5-9-15(24-2)10-6-13/h3-10H,1-2H3,(H,19,23). The number of nitrogens with one attached hydrogen (secondary N) is 1. The van der Waals surface area contributed by atoms with Gasteiger partial charge in [0.1, 0.15) is 5.75 Å². The fourth-order valence-electron chi connectivity index (χ4n) is 2.14. The van der Waals surface area contributed by atoms with Gasteiger partial charge in [-0.25, -0.2) is 0 Å². The lowest BCUT2D eigenvalue weighted by molar-refractivity contribution is 0.0989. The first-order chi connectivity index (χ1) is 12.1. The van der Waals surface area contributed by atoms with Gasteiger partial charge in [0.25, 0.3) is 0 Å². The Hall–Kier alpha value is -3.48. The van der Waals surface area contributed by atoms with Crippen molar-refractivity contribution in [1.82, 2.24) is 10.2 Å². The zero-order valence-corrected chi connectivity index (χ0v) is 13.6. The minimum Gasteiger partial charge on any atom is -0.497 e. The number of ether oxygens (including phenoxy) is 1. The molecule has 7 nitrogen and oxygen atoms in total. The van der Waals surface area contributed by atoms with E-state index in [9.17, 15) is 9.59 Å². The number of nitrogens with zero attached hydrogens (tertiary/aromatic N) is 2. The number of benzene rings is 2. The van der Waals surface area contributed by atoms with Gasteiger partial charge in [0.2, 0.25) is 5.89 Å². The molecule has 3 rings (SSSR count). The van der Waals surface area contributed by atoms with E-state index in [2.05, 4.69) is 15.5 Å². The molecule has 3 aromatic rings. The summed E-state index contributed by atoms with van der Waals surface area (Å²) in [4.78, 5) is 23.4.